The van der Waals surface area contributed by atoms with Gasteiger partial charge in [-0.3, -0.25) is 4.79 Å². The smallest absolute Gasteiger partial charge is 0.335 e. The highest BCUT2D eigenvalue weighted by Gasteiger charge is 2.12. The molecule has 0 saturated heterocycles. The largest absolute Gasteiger partial charge is 0.495 e. The molecule has 0 fully saturated rings. The number of ether oxygens (including phenoxy) is 1. The Bertz CT molecular complexity index is 601. The fourth-order valence-electron chi connectivity index (χ4n) is 1.72. The van der Waals surface area contributed by atoms with E-state index in [0.29, 0.717) is 23.4 Å². The summed E-state index contributed by atoms with van der Waals surface area (Å²) in [6, 6.07) is 7.83. The van der Waals surface area contributed by atoms with Crippen molar-refractivity contribution in [2.75, 3.05) is 7.11 Å². The number of carbonyl (C=O) groups is 2. The van der Waals surface area contributed by atoms with Gasteiger partial charge >= 0.3 is 5.97 Å². The molecule has 2 aromatic rings. The summed E-state index contributed by atoms with van der Waals surface area (Å²) in [6.07, 6.45) is 2.38. The summed E-state index contributed by atoms with van der Waals surface area (Å²) in [5.74, 6) is -0.530. The van der Waals surface area contributed by atoms with Crippen molar-refractivity contribution in [2.45, 2.75) is 0 Å². The molecule has 0 aliphatic heterocycles. The predicted octanol–water partition coefficient (Wildman–Crippen LogP) is 2.00. The molecule has 5 heteroatoms. The third kappa shape index (κ3) is 1.98. The van der Waals surface area contributed by atoms with Gasteiger partial charge in [-0.1, -0.05) is 0 Å². The number of nitrogens with zero attached hydrogens (tertiary/aromatic N) is 1. The lowest BCUT2D eigenvalue weighted by Gasteiger charge is -2.11. The molecule has 1 aromatic heterocycles. The fourth-order valence-corrected chi connectivity index (χ4v) is 1.72. The number of hydrogen-bond donors (Lipinski definition) is 1. The van der Waals surface area contributed by atoms with Crippen LogP contribution in [0, 0.1) is 0 Å². The quantitative estimate of drug-likeness (QED) is 0.836. The summed E-state index contributed by atoms with van der Waals surface area (Å²) in [5.41, 5.74) is 1.08. The first-order valence-electron chi connectivity index (χ1n) is 5.21. The summed E-state index contributed by atoms with van der Waals surface area (Å²) in [6.45, 7) is 0. The summed E-state index contributed by atoms with van der Waals surface area (Å²) < 4.78 is 6.76. The van der Waals surface area contributed by atoms with Gasteiger partial charge in [0, 0.05) is 6.20 Å². The van der Waals surface area contributed by atoms with Crippen LogP contribution in [-0.2, 0) is 0 Å². The summed E-state index contributed by atoms with van der Waals surface area (Å²) in [7, 11) is 1.49. The Hall–Kier alpha value is -2.56. The molecule has 0 spiro atoms. The van der Waals surface area contributed by atoms with Gasteiger partial charge in [0.05, 0.1) is 24.1 Å². The average Bonchev–Trinajstić information content (AvgIpc) is 2.85. The maximum atomic E-state index is 11.0. The Morgan fingerprint density at radius 3 is 2.78 bits per heavy atom. The maximum Gasteiger partial charge on any atom is 0.335 e. The van der Waals surface area contributed by atoms with Crippen molar-refractivity contribution in [1.82, 2.24) is 4.57 Å². The molecule has 92 valence electrons. The fraction of sp³-hybridized carbons (Fsp3) is 0.0769. The van der Waals surface area contributed by atoms with Gasteiger partial charge in [-0.2, -0.15) is 0 Å². The van der Waals surface area contributed by atoms with E-state index >= 15 is 0 Å². The SMILES string of the molecule is COc1ccc(C(=O)O)cc1-n1cccc1C=O. The van der Waals surface area contributed by atoms with Crippen LogP contribution < -0.4 is 4.74 Å². The van der Waals surface area contributed by atoms with Crippen molar-refractivity contribution >= 4 is 12.3 Å². The zero-order valence-corrected chi connectivity index (χ0v) is 9.66. The molecule has 0 atom stereocenters. The Balaban J connectivity index is 2.64. The molecule has 0 amide bonds. The summed E-state index contributed by atoms with van der Waals surface area (Å²) >= 11 is 0. The van der Waals surface area contributed by atoms with E-state index in [1.807, 2.05) is 0 Å². The first-order valence-corrected chi connectivity index (χ1v) is 5.21. The number of carboxylic acid groups (broad SMARTS) is 1. The van der Waals surface area contributed by atoms with Crippen molar-refractivity contribution in [1.29, 1.82) is 0 Å². The van der Waals surface area contributed by atoms with Crippen LogP contribution in [0.5, 0.6) is 5.75 Å². The van der Waals surface area contributed by atoms with Crippen LogP contribution in [0.1, 0.15) is 20.8 Å². The van der Waals surface area contributed by atoms with Gasteiger partial charge < -0.3 is 14.4 Å². The second kappa shape index (κ2) is 4.75. The lowest BCUT2D eigenvalue weighted by Crippen LogP contribution is -2.04. The monoisotopic (exact) mass is 245 g/mol. The molecule has 0 aliphatic carbocycles. The van der Waals surface area contributed by atoms with E-state index in [-0.39, 0.29) is 5.56 Å². The number of carboxylic acids is 1. The third-order valence-corrected chi connectivity index (χ3v) is 2.59. The van der Waals surface area contributed by atoms with Crippen LogP contribution in [0.2, 0.25) is 0 Å². The van der Waals surface area contributed by atoms with Crippen LogP contribution >= 0.6 is 0 Å². The van der Waals surface area contributed by atoms with E-state index < -0.39 is 5.97 Å². The number of aldehydes is 1. The molecule has 0 unspecified atom stereocenters. The Morgan fingerprint density at radius 2 is 2.17 bits per heavy atom. The predicted molar refractivity (Wildman–Crippen MR) is 64.7 cm³/mol. The number of methoxy groups -OCH3 is 1. The van der Waals surface area contributed by atoms with Crippen molar-refractivity contribution in [2.24, 2.45) is 0 Å². The first kappa shape index (κ1) is 11.9. The summed E-state index contributed by atoms with van der Waals surface area (Å²) in [4.78, 5) is 21.9. The van der Waals surface area contributed by atoms with Crippen molar-refractivity contribution in [3.8, 4) is 11.4 Å². The van der Waals surface area contributed by atoms with Crippen molar-refractivity contribution < 1.29 is 19.4 Å². The van der Waals surface area contributed by atoms with E-state index in [9.17, 15) is 9.59 Å². The number of rotatable bonds is 4. The number of carbonyl (C=O) groups excluding carboxylic acids is 1. The normalized spacial score (nSPS) is 10.1. The Labute approximate surface area is 103 Å². The van der Waals surface area contributed by atoms with Gasteiger partial charge in [0.25, 0.3) is 0 Å². The third-order valence-electron chi connectivity index (χ3n) is 2.59. The topological polar surface area (TPSA) is 68.5 Å². The van der Waals surface area contributed by atoms with Crippen molar-refractivity contribution in [3.05, 3.63) is 47.8 Å². The van der Waals surface area contributed by atoms with E-state index in [1.165, 1.54) is 19.2 Å². The zero-order valence-electron chi connectivity index (χ0n) is 9.66. The molecule has 5 nitrogen and oxygen atoms in total. The molecule has 2 rings (SSSR count). The van der Waals surface area contributed by atoms with E-state index in [0.717, 1.165) is 0 Å². The highest BCUT2D eigenvalue weighted by molar-refractivity contribution is 5.89. The van der Waals surface area contributed by atoms with Crippen LogP contribution in [0.15, 0.2) is 36.5 Å². The highest BCUT2D eigenvalue weighted by atomic mass is 16.5. The van der Waals surface area contributed by atoms with Gasteiger partial charge in [0.15, 0.2) is 6.29 Å². The molecule has 1 N–H and O–H groups in total. The van der Waals surface area contributed by atoms with Crippen LogP contribution in [0.25, 0.3) is 5.69 Å². The van der Waals surface area contributed by atoms with Gasteiger partial charge in [-0.15, -0.1) is 0 Å². The van der Waals surface area contributed by atoms with E-state index in [2.05, 4.69) is 0 Å². The summed E-state index contributed by atoms with van der Waals surface area (Å²) in [5, 5.41) is 8.98. The molecule has 0 radical (unpaired) electrons. The molecule has 0 saturated carbocycles. The lowest BCUT2D eigenvalue weighted by molar-refractivity contribution is 0.0696. The van der Waals surface area contributed by atoms with Crippen LogP contribution in [0.4, 0.5) is 0 Å². The van der Waals surface area contributed by atoms with Gasteiger partial charge in [0.2, 0.25) is 0 Å². The molecule has 0 aliphatic rings. The first-order chi connectivity index (χ1) is 8.67. The van der Waals surface area contributed by atoms with Gasteiger partial charge in [-0.05, 0) is 30.3 Å². The minimum atomic E-state index is -1.03. The van der Waals surface area contributed by atoms with E-state index in [1.54, 1.807) is 29.0 Å². The molecule has 1 aromatic carbocycles. The van der Waals surface area contributed by atoms with Crippen LogP contribution in [-0.4, -0.2) is 29.0 Å². The van der Waals surface area contributed by atoms with Gasteiger partial charge in [0.1, 0.15) is 5.75 Å². The molecule has 0 bridgehead atoms. The van der Waals surface area contributed by atoms with Gasteiger partial charge in [-0.25, -0.2) is 4.79 Å². The van der Waals surface area contributed by atoms with E-state index in [4.69, 9.17) is 9.84 Å². The number of hydrogen-bond acceptors (Lipinski definition) is 3. The second-order valence-electron chi connectivity index (χ2n) is 3.61. The lowest BCUT2D eigenvalue weighted by atomic mass is 10.2. The standard InChI is InChI=1S/C13H11NO4/c1-18-12-5-4-9(13(16)17)7-11(12)14-6-2-3-10(14)8-15/h2-8H,1H3,(H,16,17). The Morgan fingerprint density at radius 1 is 1.39 bits per heavy atom. The van der Waals surface area contributed by atoms with Crippen molar-refractivity contribution in [3.63, 3.8) is 0 Å². The Kier molecular flexibility index (Phi) is 3.14. The van der Waals surface area contributed by atoms with Crippen LogP contribution in [0.3, 0.4) is 0 Å². The maximum absolute atomic E-state index is 11.0. The molecular formula is C13H11NO4. The highest BCUT2D eigenvalue weighted by Crippen LogP contribution is 2.25. The number of benzene rings is 1. The molecule has 18 heavy (non-hydrogen) atoms. The minimum Gasteiger partial charge on any atom is -0.495 e. The molecule has 1 heterocycles. The zero-order chi connectivity index (χ0) is 13.1. The number of aromatic carboxylic acids is 1. The average molecular weight is 245 g/mol. The minimum absolute atomic E-state index is 0.136. The molecular weight excluding hydrogens is 234 g/mol. The number of aromatic nitrogens is 1. The second-order valence-corrected chi connectivity index (χ2v) is 3.61.